The average Bonchev–Trinajstić information content (AvgIpc) is 2.94. The molecule has 0 saturated carbocycles. The number of likely N-dealkylation sites (tertiary alicyclic amines) is 1. The molecule has 0 N–H and O–H groups in total. The molecule has 1 aliphatic rings. The summed E-state index contributed by atoms with van der Waals surface area (Å²) in [5, 5.41) is 8.94. The van der Waals surface area contributed by atoms with E-state index in [0.717, 1.165) is 11.3 Å². The summed E-state index contributed by atoms with van der Waals surface area (Å²) in [7, 11) is 0. The van der Waals surface area contributed by atoms with E-state index >= 15 is 0 Å². The van der Waals surface area contributed by atoms with Crippen molar-refractivity contribution in [2.75, 3.05) is 13.2 Å². The highest BCUT2D eigenvalue weighted by Gasteiger charge is 2.28. The van der Waals surface area contributed by atoms with Crippen molar-refractivity contribution in [1.82, 2.24) is 9.88 Å². The van der Waals surface area contributed by atoms with Crippen LogP contribution in [0, 0.1) is 11.3 Å². The quantitative estimate of drug-likeness (QED) is 0.788. The number of carbonyl (C=O) groups excluding carboxylic acids is 2. The van der Waals surface area contributed by atoms with Crippen LogP contribution >= 0.6 is 0 Å². The van der Waals surface area contributed by atoms with Crippen LogP contribution in [0.3, 0.4) is 0 Å². The van der Waals surface area contributed by atoms with Crippen LogP contribution in [0.1, 0.15) is 18.4 Å². The Kier molecular flexibility index (Phi) is 4.52. The topological polar surface area (TPSA) is 83.3 Å². The summed E-state index contributed by atoms with van der Waals surface area (Å²) >= 11 is 0. The predicted molar refractivity (Wildman–Crippen MR) is 85.8 cm³/mol. The molecular weight excluding hydrogens is 306 g/mol. The minimum absolute atomic E-state index is 0.144. The third kappa shape index (κ3) is 3.41. The van der Waals surface area contributed by atoms with E-state index in [0.29, 0.717) is 11.3 Å². The molecule has 0 bridgehead atoms. The first kappa shape index (κ1) is 15.7. The Morgan fingerprint density at radius 3 is 2.62 bits per heavy atom. The summed E-state index contributed by atoms with van der Waals surface area (Å²) in [5.41, 5.74) is 2.17. The van der Waals surface area contributed by atoms with Gasteiger partial charge in [-0.2, -0.15) is 5.26 Å². The Morgan fingerprint density at radius 1 is 1.17 bits per heavy atom. The SMILES string of the molecule is N#Cc1cccc(-c2ccc(OCCN3C(=O)CCC3=O)cn2)c1. The Balaban J connectivity index is 1.59. The van der Waals surface area contributed by atoms with Crippen molar-refractivity contribution in [3.8, 4) is 23.1 Å². The van der Waals surface area contributed by atoms with Crippen LogP contribution in [0.25, 0.3) is 11.3 Å². The average molecular weight is 321 g/mol. The van der Waals surface area contributed by atoms with E-state index in [9.17, 15) is 9.59 Å². The molecule has 0 aliphatic carbocycles. The molecule has 6 heteroatoms. The summed E-state index contributed by atoms with van der Waals surface area (Å²) in [5.74, 6) is 0.276. The molecule has 3 rings (SSSR count). The zero-order chi connectivity index (χ0) is 16.9. The first-order chi connectivity index (χ1) is 11.7. The number of nitrogens with zero attached hydrogens (tertiary/aromatic N) is 3. The second kappa shape index (κ2) is 6.92. The number of rotatable bonds is 5. The van der Waals surface area contributed by atoms with Crippen molar-refractivity contribution in [3.05, 3.63) is 48.2 Å². The van der Waals surface area contributed by atoms with Gasteiger partial charge in [0.1, 0.15) is 12.4 Å². The molecule has 0 unspecified atom stereocenters. The second-order valence-corrected chi connectivity index (χ2v) is 5.36. The van der Waals surface area contributed by atoms with Gasteiger partial charge in [0.05, 0.1) is 30.1 Å². The van der Waals surface area contributed by atoms with Crippen LogP contribution in [0.5, 0.6) is 5.75 Å². The lowest BCUT2D eigenvalue weighted by molar-refractivity contribution is -0.138. The minimum Gasteiger partial charge on any atom is -0.490 e. The van der Waals surface area contributed by atoms with Gasteiger partial charge in [0.25, 0.3) is 0 Å². The fourth-order valence-corrected chi connectivity index (χ4v) is 2.51. The maximum Gasteiger partial charge on any atom is 0.229 e. The minimum atomic E-state index is -0.144. The molecule has 0 spiro atoms. The molecule has 1 fully saturated rings. The maximum atomic E-state index is 11.5. The first-order valence-corrected chi connectivity index (χ1v) is 7.60. The summed E-state index contributed by atoms with van der Waals surface area (Å²) in [6, 6.07) is 12.9. The number of nitriles is 1. The van der Waals surface area contributed by atoms with E-state index in [1.54, 1.807) is 30.5 Å². The van der Waals surface area contributed by atoms with E-state index in [-0.39, 0.29) is 37.8 Å². The summed E-state index contributed by atoms with van der Waals surface area (Å²) in [4.78, 5) is 28.5. The molecule has 0 atom stereocenters. The number of imide groups is 1. The fourth-order valence-electron chi connectivity index (χ4n) is 2.51. The van der Waals surface area contributed by atoms with Gasteiger partial charge in [-0.25, -0.2) is 0 Å². The third-order valence-electron chi connectivity index (χ3n) is 3.76. The molecule has 1 aromatic carbocycles. The standard InChI is InChI=1S/C18H15N3O3/c19-11-13-2-1-3-14(10-13)16-5-4-15(12-20-16)24-9-8-21-17(22)6-7-18(21)23/h1-5,10,12H,6-9H2. The number of benzene rings is 1. The van der Waals surface area contributed by atoms with Gasteiger partial charge in [-0.05, 0) is 24.3 Å². The van der Waals surface area contributed by atoms with Gasteiger partial charge in [0.2, 0.25) is 11.8 Å². The number of amides is 2. The number of aromatic nitrogens is 1. The lowest BCUT2D eigenvalue weighted by Gasteiger charge is -2.14. The predicted octanol–water partition coefficient (Wildman–Crippen LogP) is 2.15. The molecule has 0 radical (unpaired) electrons. The molecule has 24 heavy (non-hydrogen) atoms. The molecule has 2 amide bonds. The van der Waals surface area contributed by atoms with E-state index in [2.05, 4.69) is 11.1 Å². The van der Waals surface area contributed by atoms with Crippen molar-refractivity contribution in [2.45, 2.75) is 12.8 Å². The highest BCUT2D eigenvalue weighted by Crippen LogP contribution is 2.20. The summed E-state index contributed by atoms with van der Waals surface area (Å²) in [6.07, 6.45) is 2.16. The van der Waals surface area contributed by atoms with Crippen LogP contribution in [-0.2, 0) is 9.59 Å². The van der Waals surface area contributed by atoms with Crippen LogP contribution in [-0.4, -0.2) is 34.8 Å². The number of pyridine rings is 1. The molecule has 120 valence electrons. The largest absolute Gasteiger partial charge is 0.490 e. The van der Waals surface area contributed by atoms with Crippen LogP contribution in [0.4, 0.5) is 0 Å². The molecule has 6 nitrogen and oxygen atoms in total. The monoisotopic (exact) mass is 321 g/mol. The number of carbonyl (C=O) groups is 2. The van der Waals surface area contributed by atoms with Gasteiger partial charge in [0, 0.05) is 18.4 Å². The zero-order valence-electron chi connectivity index (χ0n) is 12.9. The van der Waals surface area contributed by atoms with Gasteiger partial charge in [-0.15, -0.1) is 0 Å². The molecule has 1 aromatic heterocycles. The van der Waals surface area contributed by atoms with Crippen molar-refractivity contribution >= 4 is 11.8 Å². The Hall–Kier alpha value is -3.20. The molecular formula is C18H15N3O3. The van der Waals surface area contributed by atoms with Crippen molar-refractivity contribution in [1.29, 1.82) is 5.26 Å². The van der Waals surface area contributed by atoms with E-state index in [1.807, 2.05) is 12.1 Å². The van der Waals surface area contributed by atoms with Crippen LogP contribution in [0.2, 0.25) is 0 Å². The summed E-state index contributed by atoms with van der Waals surface area (Å²) < 4.78 is 5.54. The molecule has 1 aliphatic heterocycles. The highest BCUT2D eigenvalue weighted by molar-refractivity contribution is 6.01. The normalized spacial score (nSPS) is 13.9. The van der Waals surface area contributed by atoms with Crippen molar-refractivity contribution in [3.63, 3.8) is 0 Å². The smallest absolute Gasteiger partial charge is 0.229 e. The Labute approximate surface area is 139 Å². The first-order valence-electron chi connectivity index (χ1n) is 7.60. The van der Waals surface area contributed by atoms with Crippen LogP contribution < -0.4 is 4.74 Å². The molecule has 2 aromatic rings. The van der Waals surface area contributed by atoms with Crippen molar-refractivity contribution < 1.29 is 14.3 Å². The third-order valence-corrected chi connectivity index (χ3v) is 3.76. The van der Waals surface area contributed by atoms with Gasteiger partial charge >= 0.3 is 0 Å². The number of ether oxygens (including phenoxy) is 1. The van der Waals surface area contributed by atoms with Crippen LogP contribution in [0.15, 0.2) is 42.6 Å². The summed E-state index contributed by atoms with van der Waals surface area (Å²) in [6.45, 7) is 0.492. The van der Waals surface area contributed by atoms with E-state index in [4.69, 9.17) is 10.00 Å². The van der Waals surface area contributed by atoms with Gasteiger partial charge < -0.3 is 4.74 Å². The lowest BCUT2D eigenvalue weighted by Crippen LogP contribution is -2.33. The van der Waals surface area contributed by atoms with E-state index < -0.39 is 0 Å². The highest BCUT2D eigenvalue weighted by atomic mass is 16.5. The number of hydrogen-bond donors (Lipinski definition) is 0. The zero-order valence-corrected chi connectivity index (χ0v) is 12.9. The lowest BCUT2D eigenvalue weighted by atomic mass is 10.1. The molecule has 1 saturated heterocycles. The molecule has 2 heterocycles. The Morgan fingerprint density at radius 2 is 1.96 bits per heavy atom. The van der Waals surface area contributed by atoms with Gasteiger partial charge in [-0.1, -0.05) is 12.1 Å². The van der Waals surface area contributed by atoms with E-state index in [1.165, 1.54) is 4.90 Å². The Bertz CT molecular complexity index is 793. The maximum absolute atomic E-state index is 11.5. The fraction of sp³-hybridized carbons (Fsp3) is 0.222. The van der Waals surface area contributed by atoms with Gasteiger partial charge in [0.15, 0.2) is 0 Å². The second-order valence-electron chi connectivity index (χ2n) is 5.36. The van der Waals surface area contributed by atoms with Gasteiger partial charge in [-0.3, -0.25) is 19.5 Å². The number of hydrogen-bond acceptors (Lipinski definition) is 5. The van der Waals surface area contributed by atoms with Crippen molar-refractivity contribution in [2.24, 2.45) is 0 Å².